The quantitative estimate of drug-likeness (QED) is 0.578. The Labute approximate surface area is 174 Å². The van der Waals surface area contributed by atoms with Gasteiger partial charge in [0.2, 0.25) is 0 Å². The average molecular weight is 413 g/mol. The molecule has 3 aromatic rings. The van der Waals surface area contributed by atoms with E-state index in [9.17, 15) is 4.79 Å². The molecule has 0 radical (unpaired) electrons. The average Bonchev–Trinajstić information content (AvgIpc) is 3.40. The van der Waals surface area contributed by atoms with Gasteiger partial charge in [-0.25, -0.2) is 0 Å². The van der Waals surface area contributed by atoms with E-state index in [4.69, 9.17) is 14.0 Å². The number of hydrogen-bond donors (Lipinski definition) is 0. The number of amides is 1. The van der Waals surface area contributed by atoms with Gasteiger partial charge >= 0.3 is 0 Å². The van der Waals surface area contributed by atoms with Gasteiger partial charge in [0.1, 0.15) is 22.8 Å². The van der Waals surface area contributed by atoms with Gasteiger partial charge in [0.15, 0.2) is 5.76 Å². The third-order valence-electron chi connectivity index (χ3n) is 5.29. The first-order valence-electron chi connectivity index (χ1n) is 9.75. The van der Waals surface area contributed by atoms with E-state index in [2.05, 4.69) is 5.16 Å². The number of thiophene rings is 1. The van der Waals surface area contributed by atoms with E-state index in [-0.39, 0.29) is 11.9 Å². The predicted molar refractivity (Wildman–Crippen MR) is 112 cm³/mol. The Morgan fingerprint density at radius 1 is 1.14 bits per heavy atom. The highest BCUT2D eigenvalue weighted by atomic mass is 32.1. The highest BCUT2D eigenvalue weighted by Gasteiger charge is 2.33. The van der Waals surface area contributed by atoms with Gasteiger partial charge < -0.3 is 18.9 Å². The van der Waals surface area contributed by atoms with E-state index in [1.165, 1.54) is 0 Å². The second-order valence-corrected chi connectivity index (χ2v) is 7.94. The van der Waals surface area contributed by atoms with Crippen molar-refractivity contribution in [2.45, 2.75) is 31.7 Å². The van der Waals surface area contributed by atoms with E-state index < -0.39 is 0 Å². The molecule has 1 saturated heterocycles. The minimum absolute atomic E-state index is 0.105. The Hall–Kier alpha value is -2.80. The summed E-state index contributed by atoms with van der Waals surface area (Å²) >= 11 is 1.61. The van der Waals surface area contributed by atoms with Crippen molar-refractivity contribution in [3.63, 3.8) is 0 Å². The molecule has 1 aliphatic rings. The van der Waals surface area contributed by atoms with Gasteiger partial charge in [-0.05, 0) is 36.4 Å². The van der Waals surface area contributed by atoms with Crippen LogP contribution in [0.2, 0.25) is 0 Å². The van der Waals surface area contributed by atoms with Crippen LogP contribution < -0.4 is 9.47 Å². The molecule has 0 bridgehead atoms. The maximum atomic E-state index is 13.6. The molecule has 0 unspecified atom stereocenters. The molecule has 0 N–H and O–H groups in total. The molecule has 29 heavy (non-hydrogen) atoms. The number of aromatic nitrogens is 1. The molecular formula is C22H24N2O4S. The maximum absolute atomic E-state index is 13.6. The van der Waals surface area contributed by atoms with Crippen LogP contribution in [0.15, 0.2) is 46.3 Å². The van der Waals surface area contributed by atoms with Crippen LogP contribution in [0.1, 0.15) is 47.8 Å². The zero-order valence-corrected chi connectivity index (χ0v) is 17.4. The van der Waals surface area contributed by atoms with Crippen molar-refractivity contribution in [2.75, 3.05) is 20.8 Å². The summed E-state index contributed by atoms with van der Waals surface area (Å²) in [6.07, 6.45) is 3.92. The van der Waals surface area contributed by atoms with Crippen molar-refractivity contribution in [1.82, 2.24) is 10.1 Å². The lowest BCUT2D eigenvalue weighted by atomic mass is 10.0. The normalized spacial score (nSPS) is 17.0. The topological polar surface area (TPSA) is 64.8 Å². The SMILES string of the molecule is COc1cccc(OC)c1C(=O)N1CCCCC[C@@H]1c1cc(-c2cccs2)on1. The van der Waals surface area contributed by atoms with Crippen LogP contribution in [0.3, 0.4) is 0 Å². The van der Waals surface area contributed by atoms with Crippen molar-refractivity contribution >= 4 is 17.2 Å². The fourth-order valence-electron chi connectivity index (χ4n) is 3.85. The van der Waals surface area contributed by atoms with Crippen molar-refractivity contribution in [3.8, 4) is 22.1 Å². The summed E-state index contributed by atoms with van der Waals surface area (Å²) in [5, 5.41) is 6.33. The van der Waals surface area contributed by atoms with Crippen molar-refractivity contribution in [2.24, 2.45) is 0 Å². The molecule has 0 aliphatic carbocycles. The van der Waals surface area contributed by atoms with E-state index in [0.717, 1.165) is 42.0 Å². The molecule has 152 valence electrons. The maximum Gasteiger partial charge on any atom is 0.261 e. The molecule has 1 fully saturated rings. The highest BCUT2D eigenvalue weighted by Crippen LogP contribution is 2.37. The number of nitrogens with zero attached hydrogens (tertiary/aromatic N) is 2. The zero-order valence-electron chi connectivity index (χ0n) is 16.6. The Morgan fingerprint density at radius 3 is 2.62 bits per heavy atom. The summed E-state index contributed by atoms with van der Waals surface area (Å²) in [5.41, 5.74) is 1.24. The molecule has 1 aliphatic heterocycles. The summed E-state index contributed by atoms with van der Waals surface area (Å²) in [5.74, 6) is 1.65. The minimum atomic E-state index is -0.142. The van der Waals surface area contributed by atoms with Crippen LogP contribution in [-0.2, 0) is 0 Å². The van der Waals surface area contributed by atoms with Gasteiger partial charge in [0.25, 0.3) is 5.91 Å². The second-order valence-electron chi connectivity index (χ2n) is 6.99. The Bertz CT molecular complexity index is 945. The Balaban J connectivity index is 1.70. The molecule has 0 spiro atoms. The summed E-state index contributed by atoms with van der Waals surface area (Å²) in [4.78, 5) is 16.6. The minimum Gasteiger partial charge on any atom is -0.496 e. The highest BCUT2D eigenvalue weighted by molar-refractivity contribution is 7.13. The van der Waals surface area contributed by atoms with Crippen LogP contribution in [-0.4, -0.2) is 36.7 Å². The van der Waals surface area contributed by atoms with Gasteiger partial charge in [-0.3, -0.25) is 4.79 Å². The van der Waals surface area contributed by atoms with Crippen molar-refractivity contribution in [3.05, 3.63) is 53.0 Å². The summed E-state index contributed by atoms with van der Waals surface area (Å²) in [6.45, 7) is 0.659. The van der Waals surface area contributed by atoms with E-state index >= 15 is 0 Å². The lowest BCUT2D eigenvalue weighted by Gasteiger charge is -2.29. The lowest BCUT2D eigenvalue weighted by Crippen LogP contribution is -2.35. The number of benzene rings is 1. The lowest BCUT2D eigenvalue weighted by molar-refractivity contribution is 0.0667. The fourth-order valence-corrected chi connectivity index (χ4v) is 4.52. The molecule has 1 atom stereocenters. The number of likely N-dealkylation sites (tertiary alicyclic amines) is 1. The summed E-state index contributed by atoms with van der Waals surface area (Å²) < 4.78 is 16.5. The summed E-state index contributed by atoms with van der Waals surface area (Å²) in [6, 6.07) is 11.2. The number of hydrogen-bond acceptors (Lipinski definition) is 6. The smallest absolute Gasteiger partial charge is 0.261 e. The molecule has 4 rings (SSSR count). The van der Waals surface area contributed by atoms with Gasteiger partial charge in [-0.15, -0.1) is 11.3 Å². The van der Waals surface area contributed by atoms with Crippen LogP contribution in [0.5, 0.6) is 11.5 Å². The number of ether oxygens (including phenoxy) is 2. The zero-order chi connectivity index (χ0) is 20.2. The van der Waals surface area contributed by atoms with E-state index in [0.29, 0.717) is 23.6 Å². The first kappa shape index (κ1) is 19.5. The third-order valence-corrected chi connectivity index (χ3v) is 6.17. The number of carbonyl (C=O) groups excluding carboxylic acids is 1. The standard InChI is InChI=1S/C22H24N2O4S/c1-26-17-9-6-10-18(27-2)21(17)22(25)24-12-5-3-4-8-16(24)15-14-19(28-23-15)20-11-7-13-29-20/h6-7,9-11,13-14,16H,3-5,8,12H2,1-2H3/t16-/m1/s1. The molecule has 7 heteroatoms. The largest absolute Gasteiger partial charge is 0.496 e. The van der Waals surface area contributed by atoms with Crippen LogP contribution in [0, 0.1) is 0 Å². The van der Waals surface area contributed by atoms with Crippen molar-refractivity contribution < 1.29 is 18.8 Å². The second kappa shape index (κ2) is 8.69. The molecule has 6 nitrogen and oxygen atoms in total. The number of carbonyl (C=O) groups is 1. The molecular weight excluding hydrogens is 388 g/mol. The molecule has 3 heterocycles. The fraction of sp³-hybridized carbons (Fsp3) is 0.364. The van der Waals surface area contributed by atoms with Gasteiger partial charge in [-0.2, -0.15) is 0 Å². The van der Waals surface area contributed by atoms with Crippen LogP contribution in [0.4, 0.5) is 0 Å². The number of methoxy groups -OCH3 is 2. The third kappa shape index (κ3) is 3.87. The van der Waals surface area contributed by atoms with E-state index in [1.807, 2.05) is 34.5 Å². The first-order chi connectivity index (χ1) is 14.2. The van der Waals surface area contributed by atoms with Gasteiger partial charge in [0.05, 0.1) is 25.1 Å². The first-order valence-corrected chi connectivity index (χ1v) is 10.6. The van der Waals surface area contributed by atoms with Gasteiger partial charge in [-0.1, -0.05) is 30.1 Å². The van der Waals surface area contributed by atoms with Crippen LogP contribution in [0.25, 0.3) is 10.6 Å². The summed E-state index contributed by atoms with van der Waals surface area (Å²) in [7, 11) is 3.13. The van der Waals surface area contributed by atoms with Crippen LogP contribution >= 0.6 is 11.3 Å². The van der Waals surface area contributed by atoms with E-state index in [1.54, 1.807) is 37.7 Å². The molecule has 1 amide bonds. The Kier molecular flexibility index (Phi) is 5.85. The Morgan fingerprint density at radius 2 is 1.93 bits per heavy atom. The molecule has 2 aromatic heterocycles. The molecule has 0 saturated carbocycles. The predicted octanol–water partition coefficient (Wildman–Crippen LogP) is 5.18. The van der Waals surface area contributed by atoms with Gasteiger partial charge in [0, 0.05) is 12.6 Å². The monoisotopic (exact) mass is 412 g/mol. The molecule has 1 aromatic carbocycles. The number of rotatable bonds is 5. The van der Waals surface area contributed by atoms with Crippen molar-refractivity contribution in [1.29, 1.82) is 0 Å².